The van der Waals surface area contributed by atoms with Crippen LogP contribution < -0.4 is 20.7 Å². The molecule has 1 aliphatic rings. The Bertz CT molecular complexity index is 1810. The fourth-order valence-electron chi connectivity index (χ4n) is 5.77. The first kappa shape index (κ1) is 38.7. The highest BCUT2D eigenvalue weighted by molar-refractivity contribution is 8.00. The Morgan fingerprint density at radius 3 is 2.28 bits per heavy atom. The number of rotatable bonds is 13. The first-order valence-corrected chi connectivity index (χ1v) is 19.3. The topological polar surface area (TPSA) is 171 Å². The van der Waals surface area contributed by atoms with E-state index in [2.05, 4.69) is 16.0 Å². The minimum absolute atomic E-state index is 0.00749. The summed E-state index contributed by atoms with van der Waals surface area (Å²) in [6.45, 7) is 8.66. The van der Waals surface area contributed by atoms with Crippen LogP contribution >= 0.6 is 11.8 Å². The molecule has 0 spiro atoms. The molecule has 4 atom stereocenters. The van der Waals surface area contributed by atoms with Crippen molar-refractivity contribution in [3.8, 4) is 5.75 Å². The van der Waals surface area contributed by atoms with Gasteiger partial charge in [0.2, 0.25) is 11.8 Å². The molecule has 14 heteroatoms. The van der Waals surface area contributed by atoms with Crippen LogP contribution in [0.2, 0.25) is 0 Å². The quantitative estimate of drug-likeness (QED) is 0.207. The number of nitrogens with one attached hydrogen (secondary N) is 3. The normalized spacial score (nSPS) is 17.7. The summed E-state index contributed by atoms with van der Waals surface area (Å²) < 4.78 is 29.8. The second kappa shape index (κ2) is 15.8. The maximum atomic E-state index is 14.0. The van der Waals surface area contributed by atoms with Crippen LogP contribution in [0.15, 0.2) is 72.8 Å². The van der Waals surface area contributed by atoms with Crippen molar-refractivity contribution in [1.29, 1.82) is 0 Å². The van der Waals surface area contributed by atoms with E-state index < -0.39 is 74.4 Å². The van der Waals surface area contributed by atoms with Gasteiger partial charge in [-0.25, -0.2) is 8.42 Å². The lowest BCUT2D eigenvalue weighted by molar-refractivity contribution is -0.148. The molecule has 4 amide bonds. The van der Waals surface area contributed by atoms with E-state index in [1.54, 1.807) is 42.5 Å². The fraction of sp³-hybridized carbons (Fsp3) is 0.444. The Balaban J connectivity index is 1.55. The van der Waals surface area contributed by atoms with E-state index in [4.69, 9.17) is 4.74 Å². The summed E-state index contributed by atoms with van der Waals surface area (Å²) in [6.07, 6.45) is -0.892. The second-order valence-electron chi connectivity index (χ2n) is 14.1. The monoisotopic (exact) mass is 726 g/mol. The molecule has 1 saturated heterocycles. The van der Waals surface area contributed by atoms with E-state index in [0.29, 0.717) is 11.3 Å². The molecule has 0 saturated carbocycles. The third kappa shape index (κ3) is 10.4. The van der Waals surface area contributed by atoms with Crippen LogP contribution in [0.5, 0.6) is 5.75 Å². The zero-order chi connectivity index (χ0) is 36.9. The largest absolute Gasteiger partial charge is 0.483 e. The molecule has 0 unspecified atom stereocenters. The van der Waals surface area contributed by atoms with Gasteiger partial charge in [-0.15, -0.1) is 11.8 Å². The minimum Gasteiger partial charge on any atom is -0.483 e. The molecule has 50 heavy (non-hydrogen) atoms. The van der Waals surface area contributed by atoms with Gasteiger partial charge in [0, 0.05) is 21.9 Å². The lowest BCUT2D eigenvalue weighted by Crippen LogP contribution is -2.61. The third-order valence-corrected chi connectivity index (χ3v) is 10.4. The molecule has 4 rings (SSSR count). The predicted molar refractivity (Wildman–Crippen MR) is 194 cm³/mol. The number of fused-ring (bicyclic) bond motifs is 1. The van der Waals surface area contributed by atoms with Gasteiger partial charge in [-0.1, -0.05) is 66.7 Å². The summed E-state index contributed by atoms with van der Waals surface area (Å²) in [5, 5.41) is 21.2. The van der Waals surface area contributed by atoms with Crippen molar-refractivity contribution in [1.82, 2.24) is 20.9 Å². The SMILES string of the molecule is CC(C)(C)NC(=O)[C@H]1N(C(=O)[C@@H](O)[C@H](Cc2ccccc2)NC(=O)[C@H](CS(C)(=O)=O)NC(=O)COc2cccc3ccccc23)CSC1(C)C. The van der Waals surface area contributed by atoms with E-state index in [-0.39, 0.29) is 18.2 Å². The average Bonchev–Trinajstić information content (AvgIpc) is 3.36. The highest BCUT2D eigenvalue weighted by Crippen LogP contribution is 2.40. The number of carbonyl (C=O) groups is 4. The van der Waals surface area contributed by atoms with Gasteiger partial charge in [0.05, 0.1) is 17.7 Å². The lowest BCUT2D eigenvalue weighted by Gasteiger charge is -2.35. The highest BCUT2D eigenvalue weighted by atomic mass is 32.2. The van der Waals surface area contributed by atoms with E-state index in [9.17, 15) is 32.7 Å². The molecule has 3 aromatic rings. The van der Waals surface area contributed by atoms with Crippen molar-refractivity contribution in [3.63, 3.8) is 0 Å². The Hall–Kier alpha value is -4.14. The van der Waals surface area contributed by atoms with Gasteiger partial charge < -0.3 is 30.7 Å². The Morgan fingerprint density at radius 2 is 1.62 bits per heavy atom. The Labute approximate surface area is 297 Å². The van der Waals surface area contributed by atoms with Gasteiger partial charge in [-0.2, -0.15) is 0 Å². The molecule has 0 bridgehead atoms. The molecule has 1 aliphatic heterocycles. The smallest absolute Gasteiger partial charge is 0.258 e. The Morgan fingerprint density at radius 1 is 0.980 bits per heavy atom. The molecule has 0 aliphatic carbocycles. The summed E-state index contributed by atoms with van der Waals surface area (Å²) in [6, 6.07) is 17.9. The van der Waals surface area contributed by atoms with Gasteiger partial charge in [-0.05, 0) is 58.1 Å². The zero-order valence-electron chi connectivity index (χ0n) is 29.1. The van der Waals surface area contributed by atoms with E-state index in [1.807, 2.05) is 65.0 Å². The van der Waals surface area contributed by atoms with Crippen molar-refractivity contribution in [2.75, 3.05) is 24.5 Å². The second-order valence-corrected chi connectivity index (χ2v) is 17.8. The first-order chi connectivity index (χ1) is 23.3. The van der Waals surface area contributed by atoms with E-state index in [1.165, 1.54) is 16.7 Å². The summed E-state index contributed by atoms with van der Waals surface area (Å²) in [5.74, 6) is -3.00. The number of hydrogen-bond donors (Lipinski definition) is 4. The van der Waals surface area contributed by atoms with Crippen molar-refractivity contribution < 1.29 is 37.4 Å². The molecule has 1 fully saturated rings. The molecule has 3 aromatic carbocycles. The number of sulfone groups is 1. The number of nitrogens with zero attached hydrogens (tertiary/aromatic N) is 1. The number of hydrogen-bond acceptors (Lipinski definition) is 9. The van der Waals surface area contributed by atoms with Gasteiger partial charge in [0.15, 0.2) is 12.7 Å². The minimum atomic E-state index is -3.80. The van der Waals surface area contributed by atoms with Crippen LogP contribution in [0.25, 0.3) is 10.8 Å². The predicted octanol–water partition coefficient (Wildman–Crippen LogP) is 2.43. The van der Waals surface area contributed by atoms with Gasteiger partial charge in [-0.3, -0.25) is 19.2 Å². The van der Waals surface area contributed by atoms with Gasteiger partial charge >= 0.3 is 0 Å². The summed E-state index contributed by atoms with van der Waals surface area (Å²) >= 11 is 1.39. The van der Waals surface area contributed by atoms with Crippen LogP contribution in [0, 0.1) is 0 Å². The number of aliphatic hydroxyl groups is 1. The van der Waals surface area contributed by atoms with Crippen LogP contribution in [0.3, 0.4) is 0 Å². The summed E-state index contributed by atoms with van der Waals surface area (Å²) in [5.41, 5.74) is 0.103. The Kier molecular flexibility index (Phi) is 12.2. The molecule has 12 nitrogen and oxygen atoms in total. The lowest BCUT2D eigenvalue weighted by atomic mass is 9.96. The van der Waals surface area contributed by atoms with Crippen LogP contribution in [0.4, 0.5) is 0 Å². The van der Waals surface area contributed by atoms with Crippen LogP contribution in [-0.2, 0) is 35.4 Å². The summed E-state index contributed by atoms with van der Waals surface area (Å²) in [7, 11) is -3.80. The number of thioether (sulfide) groups is 1. The van der Waals surface area contributed by atoms with Crippen LogP contribution in [-0.4, -0.2) is 101 Å². The molecular weight excluding hydrogens is 681 g/mol. The average molecular weight is 727 g/mol. The molecule has 0 radical (unpaired) electrons. The highest BCUT2D eigenvalue weighted by Gasteiger charge is 2.50. The number of carbonyl (C=O) groups excluding carboxylic acids is 4. The molecular formula is C36H46N4O8S2. The maximum Gasteiger partial charge on any atom is 0.258 e. The first-order valence-electron chi connectivity index (χ1n) is 16.2. The number of aliphatic hydroxyl groups excluding tert-OH is 1. The van der Waals surface area contributed by atoms with Crippen molar-refractivity contribution in [3.05, 3.63) is 78.4 Å². The molecule has 270 valence electrons. The van der Waals surface area contributed by atoms with E-state index in [0.717, 1.165) is 17.0 Å². The maximum absolute atomic E-state index is 14.0. The fourth-order valence-corrected chi connectivity index (χ4v) is 7.75. The summed E-state index contributed by atoms with van der Waals surface area (Å²) in [4.78, 5) is 55.5. The third-order valence-electron chi connectivity index (χ3n) is 8.07. The van der Waals surface area contributed by atoms with Crippen molar-refractivity contribution in [2.45, 2.75) is 75.6 Å². The van der Waals surface area contributed by atoms with E-state index >= 15 is 0 Å². The molecule has 4 N–H and O–H groups in total. The van der Waals surface area contributed by atoms with Crippen molar-refractivity contribution in [2.24, 2.45) is 0 Å². The van der Waals surface area contributed by atoms with Crippen molar-refractivity contribution >= 4 is 56.0 Å². The number of amides is 4. The van der Waals surface area contributed by atoms with Gasteiger partial charge in [0.1, 0.15) is 27.7 Å². The molecule has 1 heterocycles. The zero-order valence-corrected chi connectivity index (χ0v) is 30.8. The molecule has 0 aromatic heterocycles. The van der Waals surface area contributed by atoms with Gasteiger partial charge in [0.25, 0.3) is 11.8 Å². The standard InChI is InChI=1S/C36H46N4O8S2/c1-35(2,3)39-33(44)31-36(4,5)49-22-40(31)34(45)30(42)26(19-23-13-8-7-9-14-23)38-32(43)27(21-50(6,46)47)37-29(41)20-48-28-18-12-16-24-15-10-11-17-25(24)28/h7-18,26-27,30-31,42H,19-22H2,1-6H3,(H,37,41)(H,38,43)(H,39,44)/t26-,27-,30-,31+/m0/s1. The number of ether oxygens (including phenoxy) is 1. The number of benzene rings is 3. The van der Waals surface area contributed by atoms with Crippen LogP contribution in [0.1, 0.15) is 40.2 Å².